The first-order chi connectivity index (χ1) is 7.30. The molecule has 0 amide bonds. The third-order valence-corrected chi connectivity index (χ3v) is 2.21. The summed E-state index contributed by atoms with van der Waals surface area (Å²) >= 11 is 0. The monoisotopic (exact) mass is 236 g/mol. The Morgan fingerprint density at radius 2 is 1.94 bits per heavy atom. The highest BCUT2D eigenvalue weighted by atomic mass is 19.4. The fourth-order valence-corrected chi connectivity index (χ4v) is 1.39. The molecule has 1 nitrogen and oxygen atoms in total. The summed E-state index contributed by atoms with van der Waals surface area (Å²) in [5.41, 5.74) is -0.956. The molecule has 1 aromatic rings. The van der Waals surface area contributed by atoms with Gasteiger partial charge in [-0.2, -0.15) is 13.2 Å². The Hall–Kier alpha value is -1.10. The van der Waals surface area contributed by atoms with Gasteiger partial charge in [0.25, 0.3) is 0 Å². The summed E-state index contributed by atoms with van der Waals surface area (Å²) in [6, 6.07) is 2.59. The van der Waals surface area contributed by atoms with Gasteiger partial charge in [-0.1, -0.05) is 6.07 Å². The molecule has 0 aliphatic heterocycles. The minimum atomic E-state index is -4.56. The van der Waals surface area contributed by atoms with Crippen molar-refractivity contribution in [3.05, 3.63) is 35.1 Å². The predicted molar refractivity (Wildman–Crippen MR) is 51.4 cm³/mol. The van der Waals surface area contributed by atoms with Gasteiger partial charge in [0.05, 0.1) is 11.7 Å². The Labute approximate surface area is 90.7 Å². The molecule has 5 heteroatoms. The van der Waals surface area contributed by atoms with E-state index in [0.717, 1.165) is 12.1 Å². The van der Waals surface area contributed by atoms with Gasteiger partial charge in [-0.3, -0.25) is 0 Å². The first-order valence-corrected chi connectivity index (χ1v) is 4.84. The molecule has 0 heterocycles. The van der Waals surface area contributed by atoms with Gasteiger partial charge in [-0.05, 0) is 37.5 Å². The van der Waals surface area contributed by atoms with Gasteiger partial charge in [0.15, 0.2) is 0 Å². The molecule has 90 valence electrons. The fraction of sp³-hybridized carbons (Fsp3) is 0.455. The van der Waals surface area contributed by atoms with E-state index >= 15 is 0 Å². The van der Waals surface area contributed by atoms with Gasteiger partial charge in [0.2, 0.25) is 0 Å². The van der Waals surface area contributed by atoms with E-state index in [2.05, 4.69) is 0 Å². The summed E-state index contributed by atoms with van der Waals surface area (Å²) in [7, 11) is 0. The van der Waals surface area contributed by atoms with Crippen LogP contribution in [0.25, 0.3) is 0 Å². The molecule has 1 atom stereocenters. The number of hydrogen-bond donors (Lipinski definition) is 1. The summed E-state index contributed by atoms with van der Waals surface area (Å²) in [5, 5.41) is 9.01. The summed E-state index contributed by atoms with van der Waals surface area (Å²) in [5.74, 6) is -0.909. The molecule has 0 unspecified atom stereocenters. The molecule has 0 radical (unpaired) electrons. The molecule has 1 N–H and O–H groups in total. The van der Waals surface area contributed by atoms with E-state index in [1.54, 1.807) is 0 Å². The number of halogens is 4. The molecule has 0 bridgehead atoms. The van der Waals surface area contributed by atoms with Crippen LogP contribution in [0.3, 0.4) is 0 Å². The number of aliphatic hydroxyl groups is 1. The van der Waals surface area contributed by atoms with Crippen molar-refractivity contribution >= 4 is 0 Å². The van der Waals surface area contributed by atoms with Crippen molar-refractivity contribution < 1.29 is 22.7 Å². The fourth-order valence-electron chi connectivity index (χ4n) is 1.39. The van der Waals surface area contributed by atoms with Crippen molar-refractivity contribution in [2.24, 2.45) is 0 Å². The van der Waals surface area contributed by atoms with E-state index in [0.29, 0.717) is 6.07 Å². The average molecular weight is 236 g/mol. The van der Waals surface area contributed by atoms with Crippen molar-refractivity contribution in [2.45, 2.75) is 32.0 Å². The molecule has 0 aliphatic rings. The first-order valence-electron chi connectivity index (χ1n) is 4.84. The summed E-state index contributed by atoms with van der Waals surface area (Å²) in [6.45, 7) is 1.50. The summed E-state index contributed by atoms with van der Waals surface area (Å²) in [4.78, 5) is 0. The number of hydrogen-bond acceptors (Lipinski definition) is 1. The van der Waals surface area contributed by atoms with E-state index < -0.39 is 23.7 Å². The molecular weight excluding hydrogens is 224 g/mol. The minimum absolute atomic E-state index is 0.00907. The number of rotatable bonds is 3. The number of benzene rings is 1. The van der Waals surface area contributed by atoms with Gasteiger partial charge < -0.3 is 5.11 Å². The van der Waals surface area contributed by atoms with Crippen LogP contribution in [0.5, 0.6) is 0 Å². The minimum Gasteiger partial charge on any atom is -0.393 e. The molecule has 16 heavy (non-hydrogen) atoms. The molecule has 1 aromatic carbocycles. The maximum atomic E-state index is 12.7. The molecular formula is C11H12F4O. The van der Waals surface area contributed by atoms with Crippen LogP contribution in [-0.2, 0) is 12.6 Å². The van der Waals surface area contributed by atoms with Gasteiger partial charge in [0, 0.05) is 0 Å². The second-order valence-corrected chi connectivity index (χ2v) is 3.69. The lowest BCUT2D eigenvalue weighted by molar-refractivity contribution is -0.138. The molecule has 0 saturated carbocycles. The number of alkyl halides is 3. The van der Waals surface area contributed by atoms with Crippen LogP contribution >= 0.6 is 0 Å². The zero-order valence-corrected chi connectivity index (χ0v) is 8.68. The van der Waals surface area contributed by atoms with E-state index in [9.17, 15) is 17.6 Å². The van der Waals surface area contributed by atoms with Crippen molar-refractivity contribution in [1.29, 1.82) is 0 Å². The lowest BCUT2D eigenvalue weighted by Gasteiger charge is -2.13. The standard InChI is InChI=1S/C11H12F4O/c1-7(16)2-3-8-4-5-9(12)6-10(8)11(13,14)15/h4-7,16H,2-3H2,1H3/t7-/m1/s1. The normalized spacial score (nSPS) is 13.9. The number of aryl methyl sites for hydroxylation is 1. The van der Waals surface area contributed by atoms with E-state index in [1.807, 2.05) is 0 Å². The SMILES string of the molecule is C[C@@H](O)CCc1ccc(F)cc1C(F)(F)F. The van der Waals surface area contributed by atoms with Crippen molar-refractivity contribution in [2.75, 3.05) is 0 Å². The van der Waals surface area contributed by atoms with Gasteiger partial charge in [0.1, 0.15) is 5.82 Å². The van der Waals surface area contributed by atoms with Crippen LogP contribution in [0.15, 0.2) is 18.2 Å². The lowest BCUT2D eigenvalue weighted by Crippen LogP contribution is -2.11. The van der Waals surface area contributed by atoms with E-state index in [1.165, 1.54) is 6.92 Å². The maximum absolute atomic E-state index is 12.7. The van der Waals surface area contributed by atoms with Crippen LogP contribution in [0.4, 0.5) is 17.6 Å². The largest absolute Gasteiger partial charge is 0.416 e. The van der Waals surface area contributed by atoms with Crippen molar-refractivity contribution in [3.63, 3.8) is 0 Å². The van der Waals surface area contributed by atoms with Crippen molar-refractivity contribution in [3.8, 4) is 0 Å². The topological polar surface area (TPSA) is 20.2 Å². The number of aliphatic hydroxyl groups excluding tert-OH is 1. The zero-order valence-electron chi connectivity index (χ0n) is 8.68. The Morgan fingerprint density at radius 1 is 1.31 bits per heavy atom. The molecule has 0 aromatic heterocycles. The third-order valence-electron chi connectivity index (χ3n) is 2.21. The maximum Gasteiger partial charge on any atom is 0.416 e. The highest BCUT2D eigenvalue weighted by Crippen LogP contribution is 2.33. The smallest absolute Gasteiger partial charge is 0.393 e. The van der Waals surface area contributed by atoms with Gasteiger partial charge in [-0.25, -0.2) is 4.39 Å². The summed E-state index contributed by atoms with van der Waals surface area (Å²) in [6.07, 6.45) is -4.94. The first kappa shape index (κ1) is 13.0. The second kappa shape index (κ2) is 4.82. The van der Waals surface area contributed by atoms with Crippen LogP contribution in [-0.4, -0.2) is 11.2 Å². The molecule has 0 spiro atoms. The Bertz CT molecular complexity index is 357. The van der Waals surface area contributed by atoms with Crippen LogP contribution in [0.1, 0.15) is 24.5 Å². The highest BCUT2D eigenvalue weighted by Gasteiger charge is 2.33. The third kappa shape index (κ3) is 3.48. The lowest BCUT2D eigenvalue weighted by atomic mass is 10.0. The zero-order chi connectivity index (χ0) is 12.3. The van der Waals surface area contributed by atoms with Gasteiger partial charge >= 0.3 is 6.18 Å². The quantitative estimate of drug-likeness (QED) is 0.799. The van der Waals surface area contributed by atoms with Crippen LogP contribution < -0.4 is 0 Å². The highest BCUT2D eigenvalue weighted by molar-refractivity contribution is 5.30. The Balaban J connectivity index is 2.99. The van der Waals surface area contributed by atoms with Crippen LogP contribution in [0, 0.1) is 5.82 Å². The van der Waals surface area contributed by atoms with Gasteiger partial charge in [-0.15, -0.1) is 0 Å². The molecule has 1 rings (SSSR count). The predicted octanol–water partition coefficient (Wildman–Crippen LogP) is 3.16. The Kier molecular flexibility index (Phi) is 3.91. The average Bonchev–Trinajstić information content (AvgIpc) is 2.14. The summed E-state index contributed by atoms with van der Waals surface area (Å²) < 4.78 is 50.3. The van der Waals surface area contributed by atoms with Crippen molar-refractivity contribution in [1.82, 2.24) is 0 Å². The molecule has 0 saturated heterocycles. The van der Waals surface area contributed by atoms with E-state index in [-0.39, 0.29) is 18.4 Å². The molecule has 0 aliphatic carbocycles. The van der Waals surface area contributed by atoms with E-state index in [4.69, 9.17) is 5.11 Å². The Morgan fingerprint density at radius 3 is 2.44 bits per heavy atom. The van der Waals surface area contributed by atoms with Crippen LogP contribution in [0.2, 0.25) is 0 Å². The molecule has 0 fully saturated rings. The second-order valence-electron chi connectivity index (χ2n) is 3.69.